The van der Waals surface area contributed by atoms with Crippen molar-refractivity contribution in [2.75, 3.05) is 25.0 Å². The van der Waals surface area contributed by atoms with Gasteiger partial charge in [-0.15, -0.1) is 0 Å². The van der Waals surface area contributed by atoms with Crippen LogP contribution >= 0.6 is 0 Å². The Morgan fingerprint density at radius 3 is 2.49 bits per heavy atom. The van der Waals surface area contributed by atoms with Gasteiger partial charge in [-0.3, -0.25) is 0 Å². The minimum atomic E-state index is -3.59. The molecule has 37 heavy (non-hydrogen) atoms. The molecule has 0 unspecified atom stereocenters. The lowest BCUT2D eigenvalue weighted by Crippen LogP contribution is -2.43. The van der Waals surface area contributed by atoms with E-state index in [2.05, 4.69) is 22.2 Å². The lowest BCUT2D eigenvalue weighted by molar-refractivity contribution is 0.410. The summed E-state index contributed by atoms with van der Waals surface area (Å²) in [7, 11) is -3.59. The summed E-state index contributed by atoms with van der Waals surface area (Å²) in [5, 5.41) is 11.4. The van der Waals surface area contributed by atoms with Crippen LogP contribution in [0.2, 0.25) is 0 Å². The van der Waals surface area contributed by atoms with Crippen molar-refractivity contribution in [3.63, 3.8) is 0 Å². The highest BCUT2D eigenvalue weighted by Crippen LogP contribution is 2.70. The number of nitrogens with one attached hydrogen (secondary N) is 3. The molecule has 2 fully saturated rings. The molecule has 0 radical (unpaired) electrons. The first kappa shape index (κ1) is 25.6. The van der Waals surface area contributed by atoms with E-state index in [-0.39, 0.29) is 29.0 Å². The molecule has 0 amide bonds. The lowest BCUT2D eigenvalue weighted by Gasteiger charge is -2.26. The van der Waals surface area contributed by atoms with Crippen LogP contribution in [0.1, 0.15) is 42.0 Å². The topological polar surface area (TPSA) is 85.3 Å². The van der Waals surface area contributed by atoms with Crippen LogP contribution in [0.15, 0.2) is 66.7 Å². The summed E-state index contributed by atoms with van der Waals surface area (Å²) >= 11 is 0. The number of hydrogen-bond acceptors (Lipinski definition) is 4. The number of nitrogens with zero attached hydrogens (tertiary/aromatic N) is 1. The maximum absolute atomic E-state index is 13.4. The van der Waals surface area contributed by atoms with Gasteiger partial charge in [0.2, 0.25) is 0 Å². The Labute approximate surface area is 218 Å². The number of fused-ring (bicyclic) bond motifs is 1. The summed E-state index contributed by atoms with van der Waals surface area (Å²) in [6, 6.07) is 20.5. The van der Waals surface area contributed by atoms with E-state index in [1.165, 1.54) is 23.9 Å². The van der Waals surface area contributed by atoms with Gasteiger partial charge in [0.1, 0.15) is 5.82 Å². The van der Waals surface area contributed by atoms with Crippen molar-refractivity contribution in [1.82, 2.24) is 9.03 Å². The molecule has 3 atom stereocenters. The zero-order chi connectivity index (χ0) is 26.4. The first-order chi connectivity index (χ1) is 17.7. The molecule has 8 heteroatoms. The molecule has 0 spiro atoms. The number of benzene rings is 3. The minimum absolute atomic E-state index is 0.152. The van der Waals surface area contributed by atoms with E-state index in [9.17, 15) is 12.8 Å². The van der Waals surface area contributed by atoms with Crippen LogP contribution in [0, 0.1) is 30.0 Å². The molecular formula is C29H33FN4O2S. The second-order valence-electron chi connectivity index (χ2n) is 10.6. The van der Waals surface area contributed by atoms with Crippen molar-refractivity contribution in [2.45, 2.75) is 32.1 Å². The standard InChI is InChI=1S/C29H33FN4O2S/c1-19(2)16-32-37(35,36)34-17-26-28(21-7-5-4-6-8-21)29(26,18-34)25-14-22(15-31)27(13-20(25)3)33-24-11-9-23(30)10-12-24/h4-15,19,26,28,31-33H,16-18H2,1-3H3/t26-,28-,29+/m1/s1. The van der Waals surface area contributed by atoms with Gasteiger partial charge in [-0.05, 0) is 71.8 Å². The number of rotatable bonds is 9. The number of hydrogen-bond donors (Lipinski definition) is 3. The Hall–Kier alpha value is -3.07. The van der Waals surface area contributed by atoms with Gasteiger partial charge in [-0.2, -0.15) is 12.7 Å². The highest BCUT2D eigenvalue weighted by molar-refractivity contribution is 7.87. The summed E-state index contributed by atoms with van der Waals surface area (Å²) in [4.78, 5) is 0. The van der Waals surface area contributed by atoms with Crippen molar-refractivity contribution in [1.29, 1.82) is 5.41 Å². The Kier molecular flexibility index (Phi) is 6.68. The first-order valence-corrected chi connectivity index (χ1v) is 14.1. The fraction of sp³-hybridized carbons (Fsp3) is 0.345. The highest BCUT2D eigenvalue weighted by atomic mass is 32.2. The number of anilines is 2. The molecule has 1 saturated carbocycles. The SMILES string of the molecule is Cc1cc(Nc2ccc(F)cc2)c(C=N)cc1[C@@]12CN(S(=O)(=O)NCC(C)C)C[C@@H]1[C@H]2c1ccccc1. The molecule has 5 rings (SSSR count). The third-order valence-electron chi connectivity index (χ3n) is 7.70. The largest absolute Gasteiger partial charge is 0.355 e. The molecule has 1 heterocycles. The van der Waals surface area contributed by atoms with E-state index in [1.54, 1.807) is 16.4 Å². The summed E-state index contributed by atoms with van der Waals surface area (Å²) in [6.07, 6.45) is 1.31. The van der Waals surface area contributed by atoms with E-state index < -0.39 is 10.2 Å². The molecule has 3 aromatic rings. The predicted molar refractivity (Wildman–Crippen MR) is 146 cm³/mol. The van der Waals surface area contributed by atoms with Crippen molar-refractivity contribution < 1.29 is 12.8 Å². The monoisotopic (exact) mass is 520 g/mol. The maximum Gasteiger partial charge on any atom is 0.279 e. The van der Waals surface area contributed by atoms with E-state index in [0.717, 1.165) is 22.5 Å². The quantitative estimate of drug-likeness (QED) is 0.333. The van der Waals surface area contributed by atoms with Crippen LogP contribution < -0.4 is 10.0 Å². The van der Waals surface area contributed by atoms with E-state index >= 15 is 0 Å². The normalized spacial score (nSPS) is 23.2. The van der Waals surface area contributed by atoms with E-state index in [0.29, 0.717) is 25.2 Å². The smallest absolute Gasteiger partial charge is 0.279 e. The number of aryl methyl sites for hydroxylation is 1. The molecule has 194 valence electrons. The number of piperidine rings is 1. The second kappa shape index (κ2) is 9.67. The molecule has 3 N–H and O–H groups in total. The zero-order valence-electron chi connectivity index (χ0n) is 21.3. The van der Waals surface area contributed by atoms with Gasteiger partial charge in [0.25, 0.3) is 10.2 Å². The van der Waals surface area contributed by atoms with Gasteiger partial charge in [0.05, 0.1) is 0 Å². The van der Waals surface area contributed by atoms with Gasteiger partial charge < -0.3 is 10.7 Å². The fourth-order valence-electron chi connectivity index (χ4n) is 5.91. The second-order valence-corrected chi connectivity index (χ2v) is 12.4. The van der Waals surface area contributed by atoms with Gasteiger partial charge >= 0.3 is 0 Å². The van der Waals surface area contributed by atoms with Crippen molar-refractivity contribution in [3.8, 4) is 0 Å². The molecule has 2 aliphatic rings. The van der Waals surface area contributed by atoms with Gasteiger partial charge in [-0.1, -0.05) is 44.2 Å². The molecule has 1 saturated heterocycles. The van der Waals surface area contributed by atoms with Crippen LogP contribution in [0.5, 0.6) is 0 Å². The molecular weight excluding hydrogens is 487 g/mol. The van der Waals surface area contributed by atoms with Crippen LogP contribution in [-0.2, 0) is 15.6 Å². The van der Waals surface area contributed by atoms with Crippen LogP contribution in [0.25, 0.3) is 0 Å². The van der Waals surface area contributed by atoms with Gasteiger partial charge in [-0.25, -0.2) is 9.11 Å². The average Bonchev–Trinajstić information content (AvgIpc) is 3.32. The molecule has 0 aromatic heterocycles. The zero-order valence-corrected chi connectivity index (χ0v) is 22.1. The highest BCUT2D eigenvalue weighted by Gasteiger charge is 2.71. The molecule has 1 aliphatic heterocycles. The molecule has 6 nitrogen and oxygen atoms in total. The summed E-state index contributed by atoms with van der Waals surface area (Å²) in [5.74, 6) is 0.271. The summed E-state index contributed by atoms with van der Waals surface area (Å²) in [6.45, 7) is 7.27. The van der Waals surface area contributed by atoms with Crippen LogP contribution in [-0.4, -0.2) is 38.6 Å². The van der Waals surface area contributed by atoms with Gasteiger partial charge in [0.15, 0.2) is 0 Å². The Morgan fingerprint density at radius 2 is 1.84 bits per heavy atom. The third kappa shape index (κ3) is 4.69. The minimum Gasteiger partial charge on any atom is -0.355 e. The van der Waals surface area contributed by atoms with Crippen LogP contribution in [0.4, 0.5) is 15.8 Å². The summed E-state index contributed by atoms with van der Waals surface area (Å²) in [5.41, 5.74) is 5.16. The Morgan fingerprint density at radius 1 is 1.14 bits per heavy atom. The van der Waals surface area contributed by atoms with Gasteiger partial charge in [0, 0.05) is 54.1 Å². The van der Waals surface area contributed by atoms with E-state index in [4.69, 9.17) is 5.41 Å². The van der Waals surface area contributed by atoms with Crippen molar-refractivity contribution in [3.05, 3.63) is 94.8 Å². The van der Waals surface area contributed by atoms with Crippen molar-refractivity contribution >= 4 is 27.8 Å². The third-order valence-corrected chi connectivity index (χ3v) is 9.19. The molecule has 3 aromatic carbocycles. The number of halogens is 1. The lowest BCUT2D eigenvalue weighted by atomic mass is 9.86. The summed E-state index contributed by atoms with van der Waals surface area (Å²) < 4.78 is 44.0. The predicted octanol–water partition coefficient (Wildman–Crippen LogP) is 5.33. The van der Waals surface area contributed by atoms with Crippen LogP contribution in [0.3, 0.4) is 0 Å². The Bertz CT molecular complexity index is 1410. The Balaban J connectivity index is 1.52. The van der Waals surface area contributed by atoms with Crippen molar-refractivity contribution in [2.24, 2.45) is 11.8 Å². The maximum atomic E-state index is 13.4. The molecule has 1 aliphatic carbocycles. The van der Waals surface area contributed by atoms with E-state index in [1.807, 2.05) is 51.1 Å². The first-order valence-electron chi connectivity index (χ1n) is 12.6. The average molecular weight is 521 g/mol. The molecule has 0 bridgehead atoms. The fourth-order valence-corrected chi connectivity index (χ4v) is 7.38.